The maximum atomic E-state index is 11.6. The van der Waals surface area contributed by atoms with Crippen LogP contribution < -0.4 is 11.2 Å². The van der Waals surface area contributed by atoms with Crippen molar-refractivity contribution in [2.24, 2.45) is 0 Å². The molecule has 3 aromatic rings. The van der Waals surface area contributed by atoms with E-state index in [-0.39, 0.29) is 0 Å². The Hall–Kier alpha value is -1.82. The summed E-state index contributed by atoms with van der Waals surface area (Å²) in [6.45, 7) is 0. The van der Waals surface area contributed by atoms with E-state index in [1.807, 2.05) is 18.2 Å². The van der Waals surface area contributed by atoms with Crippen molar-refractivity contribution in [3.8, 4) is 0 Å². The molecule has 0 spiro atoms. The zero-order chi connectivity index (χ0) is 11.3. The van der Waals surface area contributed by atoms with Gasteiger partial charge in [0.25, 0.3) is 5.56 Å². The lowest BCUT2D eigenvalue weighted by Crippen LogP contribution is -2.21. The molecule has 0 radical (unpaired) electrons. The molecule has 0 bridgehead atoms. The number of H-pyrrole nitrogens is 3. The molecule has 0 saturated carbocycles. The highest BCUT2D eigenvalue weighted by molar-refractivity contribution is 9.10. The lowest BCUT2D eigenvalue weighted by molar-refractivity contribution is 1.08. The summed E-state index contributed by atoms with van der Waals surface area (Å²) < 4.78 is 0.831. The van der Waals surface area contributed by atoms with Gasteiger partial charge in [-0.2, -0.15) is 0 Å². The summed E-state index contributed by atoms with van der Waals surface area (Å²) in [4.78, 5) is 30.5. The van der Waals surface area contributed by atoms with Gasteiger partial charge >= 0.3 is 5.69 Å². The normalized spacial score (nSPS) is 11.3. The molecule has 0 fully saturated rings. The van der Waals surface area contributed by atoms with Crippen LogP contribution >= 0.6 is 15.9 Å². The third-order valence-corrected chi connectivity index (χ3v) is 3.13. The number of benzene rings is 1. The monoisotopic (exact) mass is 279 g/mol. The summed E-state index contributed by atoms with van der Waals surface area (Å²) in [5, 5.41) is 0.806. The van der Waals surface area contributed by atoms with Crippen molar-refractivity contribution >= 4 is 37.9 Å². The highest BCUT2D eigenvalue weighted by Gasteiger charge is 2.10. The standard InChI is InChI=1S/C10H6BrN3O2/c11-4-2-1-3-5-6(4)7-8(12-5)9(15)14-10(16)13-7/h1-3,12H,(H2,13,14,15,16). The first-order valence-electron chi connectivity index (χ1n) is 4.59. The minimum atomic E-state index is -0.505. The molecule has 0 saturated heterocycles. The van der Waals surface area contributed by atoms with E-state index >= 15 is 0 Å². The Labute approximate surface area is 96.6 Å². The molecule has 80 valence electrons. The van der Waals surface area contributed by atoms with Gasteiger partial charge in [0.05, 0.1) is 5.52 Å². The van der Waals surface area contributed by atoms with Gasteiger partial charge in [0.2, 0.25) is 0 Å². The number of hydrogen-bond donors (Lipinski definition) is 3. The van der Waals surface area contributed by atoms with Crippen LogP contribution in [0.1, 0.15) is 0 Å². The molecule has 0 unspecified atom stereocenters. The molecule has 2 heterocycles. The molecule has 5 nitrogen and oxygen atoms in total. The third kappa shape index (κ3) is 1.16. The predicted molar refractivity (Wildman–Crippen MR) is 64.7 cm³/mol. The maximum absolute atomic E-state index is 11.6. The average molecular weight is 280 g/mol. The highest BCUT2D eigenvalue weighted by atomic mass is 79.9. The molecule has 3 rings (SSSR count). The summed E-state index contributed by atoms with van der Waals surface area (Å²) in [5.41, 5.74) is 0.783. The van der Waals surface area contributed by atoms with Crippen molar-refractivity contribution in [3.63, 3.8) is 0 Å². The molecule has 0 aliphatic heterocycles. The van der Waals surface area contributed by atoms with Crippen LogP contribution in [0.4, 0.5) is 0 Å². The lowest BCUT2D eigenvalue weighted by Gasteiger charge is -1.93. The topological polar surface area (TPSA) is 81.5 Å². The van der Waals surface area contributed by atoms with Crippen molar-refractivity contribution in [3.05, 3.63) is 43.5 Å². The first-order valence-corrected chi connectivity index (χ1v) is 5.38. The zero-order valence-electron chi connectivity index (χ0n) is 7.93. The molecular weight excluding hydrogens is 274 g/mol. The van der Waals surface area contributed by atoms with Gasteiger partial charge in [0.1, 0.15) is 5.52 Å². The molecule has 0 amide bonds. The second-order valence-corrected chi connectivity index (χ2v) is 4.30. The van der Waals surface area contributed by atoms with Crippen molar-refractivity contribution in [2.45, 2.75) is 0 Å². The van der Waals surface area contributed by atoms with E-state index in [1.54, 1.807) is 0 Å². The molecule has 6 heteroatoms. The molecule has 3 N–H and O–H groups in total. The molecule has 0 aliphatic carbocycles. The third-order valence-electron chi connectivity index (χ3n) is 2.47. The van der Waals surface area contributed by atoms with Gasteiger partial charge < -0.3 is 9.97 Å². The molecular formula is C10H6BrN3O2. The van der Waals surface area contributed by atoms with Crippen LogP contribution in [-0.4, -0.2) is 15.0 Å². The fourth-order valence-corrected chi connectivity index (χ4v) is 2.37. The van der Waals surface area contributed by atoms with E-state index in [4.69, 9.17) is 0 Å². The van der Waals surface area contributed by atoms with Crippen molar-refractivity contribution in [2.75, 3.05) is 0 Å². The van der Waals surface area contributed by atoms with E-state index in [9.17, 15) is 9.59 Å². The summed E-state index contributed by atoms with van der Waals surface area (Å²) >= 11 is 3.39. The number of aromatic nitrogens is 3. The van der Waals surface area contributed by atoms with Crippen molar-refractivity contribution in [1.82, 2.24) is 15.0 Å². The molecule has 1 aromatic carbocycles. The van der Waals surface area contributed by atoms with Gasteiger partial charge in [-0.05, 0) is 12.1 Å². The second kappa shape index (κ2) is 3.08. The summed E-state index contributed by atoms with van der Waals surface area (Å²) in [7, 11) is 0. The number of rotatable bonds is 0. The van der Waals surface area contributed by atoms with E-state index in [2.05, 4.69) is 30.9 Å². The summed E-state index contributed by atoms with van der Waals surface area (Å²) in [6.07, 6.45) is 0. The number of halogens is 1. The van der Waals surface area contributed by atoms with E-state index < -0.39 is 11.2 Å². The predicted octanol–water partition coefficient (Wildman–Crippen LogP) is 1.46. The Morgan fingerprint density at radius 3 is 2.62 bits per heavy atom. The largest absolute Gasteiger partial charge is 0.349 e. The van der Waals surface area contributed by atoms with Crippen LogP contribution in [0.3, 0.4) is 0 Å². The number of hydrogen-bond acceptors (Lipinski definition) is 2. The molecule has 16 heavy (non-hydrogen) atoms. The second-order valence-electron chi connectivity index (χ2n) is 3.45. The van der Waals surface area contributed by atoms with Gasteiger partial charge in [-0.1, -0.05) is 22.0 Å². The fourth-order valence-electron chi connectivity index (χ4n) is 1.81. The number of aromatic amines is 3. The molecule has 0 aliphatic rings. The summed E-state index contributed by atoms with van der Waals surface area (Å²) in [6, 6.07) is 5.56. The smallest absolute Gasteiger partial charge is 0.326 e. The van der Waals surface area contributed by atoms with Crippen LogP contribution in [0.25, 0.3) is 21.9 Å². The summed E-state index contributed by atoms with van der Waals surface area (Å²) in [5.74, 6) is 0. The van der Waals surface area contributed by atoms with E-state index in [0.717, 1.165) is 15.4 Å². The van der Waals surface area contributed by atoms with Crippen molar-refractivity contribution in [1.29, 1.82) is 0 Å². The molecule has 2 aromatic heterocycles. The zero-order valence-corrected chi connectivity index (χ0v) is 9.51. The van der Waals surface area contributed by atoms with Gasteiger partial charge in [-0.3, -0.25) is 9.78 Å². The fraction of sp³-hybridized carbons (Fsp3) is 0. The quantitative estimate of drug-likeness (QED) is 0.582. The number of fused-ring (bicyclic) bond motifs is 3. The first-order chi connectivity index (χ1) is 7.66. The highest BCUT2D eigenvalue weighted by Crippen LogP contribution is 2.28. The van der Waals surface area contributed by atoms with E-state index in [1.165, 1.54) is 0 Å². The van der Waals surface area contributed by atoms with Gasteiger partial charge in [0, 0.05) is 15.4 Å². The molecule has 0 atom stereocenters. The van der Waals surface area contributed by atoms with Crippen LogP contribution in [0, 0.1) is 0 Å². The van der Waals surface area contributed by atoms with Crippen LogP contribution in [0.2, 0.25) is 0 Å². The van der Waals surface area contributed by atoms with E-state index in [0.29, 0.717) is 11.0 Å². The first kappa shape index (κ1) is 9.41. The van der Waals surface area contributed by atoms with Gasteiger partial charge in [0.15, 0.2) is 0 Å². The Morgan fingerprint density at radius 1 is 1.00 bits per heavy atom. The minimum Gasteiger partial charge on any atom is -0.349 e. The van der Waals surface area contributed by atoms with Crippen molar-refractivity contribution < 1.29 is 0 Å². The average Bonchev–Trinajstić information content (AvgIpc) is 2.58. The lowest BCUT2D eigenvalue weighted by atomic mass is 10.2. The maximum Gasteiger partial charge on any atom is 0.326 e. The Morgan fingerprint density at radius 2 is 1.81 bits per heavy atom. The number of nitrogens with one attached hydrogen (secondary N) is 3. The van der Waals surface area contributed by atoms with Gasteiger partial charge in [-0.25, -0.2) is 4.79 Å². The van der Waals surface area contributed by atoms with Gasteiger partial charge in [-0.15, -0.1) is 0 Å². The minimum absolute atomic E-state index is 0.376. The Bertz CT molecular complexity index is 812. The van der Waals surface area contributed by atoms with Crippen LogP contribution in [0.15, 0.2) is 32.3 Å². The Kier molecular flexibility index (Phi) is 1.81. The SMILES string of the molecule is O=c1[nH]c(=O)c2[nH]c3cccc(Br)c3c2[nH]1. The Balaban J connectivity index is 2.74. The van der Waals surface area contributed by atoms with Crippen LogP contribution in [-0.2, 0) is 0 Å². The van der Waals surface area contributed by atoms with Crippen LogP contribution in [0.5, 0.6) is 0 Å².